The zero-order valence-electron chi connectivity index (χ0n) is 11.1. The molecule has 0 bridgehead atoms. The van der Waals surface area contributed by atoms with Crippen LogP contribution in [0, 0.1) is 5.92 Å². The van der Waals surface area contributed by atoms with Crippen molar-refractivity contribution < 1.29 is 14.7 Å². The lowest BCUT2D eigenvalue weighted by Gasteiger charge is -2.18. The van der Waals surface area contributed by atoms with E-state index in [2.05, 4.69) is 10.6 Å². The van der Waals surface area contributed by atoms with Gasteiger partial charge < -0.3 is 15.7 Å². The third-order valence-corrected chi connectivity index (χ3v) is 3.30. The Balaban J connectivity index is 2.13. The molecule has 2 rings (SSSR count). The van der Waals surface area contributed by atoms with Gasteiger partial charge in [0, 0.05) is 17.8 Å². The molecule has 102 valence electrons. The van der Waals surface area contributed by atoms with E-state index in [0.29, 0.717) is 5.56 Å². The minimum atomic E-state index is -1.01. The number of amides is 1. The van der Waals surface area contributed by atoms with Gasteiger partial charge in [0.05, 0.1) is 0 Å². The van der Waals surface area contributed by atoms with Gasteiger partial charge in [0.1, 0.15) is 6.04 Å². The van der Waals surface area contributed by atoms with Crippen molar-refractivity contribution in [1.82, 2.24) is 5.32 Å². The Hall–Kier alpha value is -2.04. The van der Waals surface area contributed by atoms with Crippen molar-refractivity contribution in [1.29, 1.82) is 0 Å². The fraction of sp³-hybridized carbons (Fsp3) is 0.429. The van der Waals surface area contributed by atoms with Gasteiger partial charge in [-0.3, -0.25) is 4.79 Å². The molecule has 19 heavy (non-hydrogen) atoms. The van der Waals surface area contributed by atoms with Crippen LogP contribution < -0.4 is 10.6 Å². The summed E-state index contributed by atoms with van der Waals surface area (Å²) in [6, 6.07) is 4.56. The van der Waals surface area contributed by atoms with Gasteiger partial charge in [0.2, 0.25) is 0 Å². The number of carboxylic acids is 1. The first-order chi connectivity index (χ1) is 8.99. The van der Waals surface area contributed by atoms with Crippen LogP contribution in [0.2, 0.25) is 0 Å². The van der Waals surface area contributed by atoms with E-state index in [9.17, 15) is 9.59 Å². The van der Waals surface area contributed by atoms with Gasteiger partial charge >= 0.3 is 5.97 Å². The van der Waals surface area contributed by atoms with Crippen molar-refractivity contribution >= 4 is 17.6 Å². The third kappa shape index (κ3) is 2.86. The molecular formula is C14H18N2O3. The number of carboxylic acid groups (broad SMARTS) is 1. The van der Waals surface area contributed by atoms with E-state index in [4.69, 9.17) is 5.11 Å². The second-order valence-electron chi connectivity index (χ2n) is 5.08. The fourth-order valence-corrected chi connectivity index (χ4v) is 2.17. The predicted octanol–water partition coefficient (Wildman–Crippen LogP) is 1.49. The lowest BCUT2D eigenvalue weighted by molar-refractivity contribution is -0.140. The van der Waals surface area contributed by atoms with Gasteiger partial charge in [-0.2, -0.15) is 0 Å². The number of hydrogen-bond donors (Lipinski definition) is 3. The van der Waals surface area contributed by atoms with Crippen molar-refractivity contribution in [2.24, 2.45) is 5.92 Å². The van der Waals surface area contributed by atoms with Crippen molar-refractivity contribution in [3.05, 3.63) is 29.3 Å². The number of carbonyl (C=O) groups excluding carboxylic acids is 1. The van der Waals surface area contributed by atoms with Crippen molar-refractivity contribution in [2.75, 3.05) is 11.9 Å². The molecule has 1 aromatic carbocycles. The van der Waals surface area contributed by atoms with Gasteiger partial charge in [-0.1, -0.05) is 19.9 Å². The van der Waals surface area contributed by atoms with Crippen LogP contribution in [0.25, 0.3) is 0 Å². The average Bonchev–Trinajstić information content (AvgIpc) is 2.81. The zero-order valence-corrected chi connectivity index (χ0v) is 11.1. The summed E-state index contributed by atoms with van der Waals surface area (Å²) in [6.07, 6.45) is 0.959. The third-order valence-electron chi connectivity index (χ3n) is 3.30. The Morgan fingerprint density at radius 3 is 2.74 bits per heavy atom. The summed E-state index contributed by atoms with van der Waals surface area (Å²) >= 11 is 0. The normalized spacial score (nSPS) is 14.7. The molecule has 0 saturated carbocycles. The lowest BCUT2D eigenvalue weighted by Crippen LogP contribution is -2.44. The van der Waals surface area contributed by atoms with Crippen LogP contribution in [0.15, 0.2) is 18.2 Å². The number of benzene rings is 1. The van der Waals surface area contributed by atoms with E-state index in [1.807, 2.05) is 6.07 Å². The molecule has 3 N–H and O–H groups in total. The van der Waals surface area contributed by atoms with Crippen LogP contribution in [0.1, 0.15) is 29.8 Å². The Morgan fingerprint density at radius 1 is 1.37 bits per heavy atom. The molecule has 1 aromatic rings. The van der Waals surface area contributed by atoms with Crippen LogP contribution in [-0.4, -0.2) is 29.6 Å². The molecule has 1 atom stereocenters. The summed E-state index contributed by atoms with van der Waals surface area (Å²) in [5.41, 5.74) is 2.64. The molecule has 5 heteroatoms. The number of fused-ring (bicyclic) bond motifs is 1. The van der Waals surface area contributed by atoms with Crippen LogP contribution in [0.5, 0.6) is 0 Å². The molecule has 0 saturated heterocycles. The lowest BCUT2D eigenvalue weighted by atomic mass is 10.0. The number of hydrogen-bond acceptors (Lipinski definition) is 3. The van der Waals surface area contributed by atoms with Gasteiger partial charge in [-0.15, -0.1) is 0 Å². The SMILES string of the molecule is CC(C)[C@H](NC(=O)c1ccc2c(c1)NCC2)C(=O)O. The molecule has 0 unspecified atom stereocenters. The monoisotopic (exact) mass is 262 g/mol. The molecule has 1 aliphatic rings. The molecule has 0 spiro atoms. The maximum absolute atomic E-state index is 12.1. The van der Waals surface area contributed by atoms with Crippen LogP contribution in [0.3, 0.4) is 0 Å². The van der Waals surface area contributed by atoms with Crippen molar-refractivity contribution in [3.8, 4) is 0 Å². The second-order valence-corrected chi connectivity index (χ2v) is 5.08. The standard InChI is InChI=1S/C14H18N2O3/c1-8(2)12(14(18)19)16-13(17)10-4-3-9-5-6-15-11(9)7-10/h3-4,7-8,12,15H,5-6H2,1-2H3,(H,16,17)(H,18,19)/t12-/m0/s1. The van der Waals surface area contributed by atoms with E-state index in [-0.39, 0.29) is 11.8 Å². The second kappa shape index (κ2) is 5.30. The maximum atomic E-state index is 12.1. The van der Waals surface area contributed by atoms with Crippen molar-refractivity contribution in [2.45, 2.75) is 26.3 Å². The average molecular weight is 262 g/mol. The summed E-state index contributed by atoms with van der Waals surface area (Å²) in [4.78, 5) is 23.1. The highest BCUT2D eigenvalue weighted by molar-refractivity contribution is 5.97. The van der Waals surface area contributed by atoms with Crippen LogP contribution in [0.4, 0.5) is 5.69 Å². The van der Waals surface area contributed by atoms with Gasteiger partial charge in [0.25, 0.3) is 5.91 Å². The van der Waals surface area contributed by atoms with E-state index in [0.717, 1.165) is 18.7 Å². The maximum Gasteiger partial charge on any atom is 0.326 e. The van der Waals surface area contributed by atoms with E-state index < -0.39 is 12.0 Å². The highest BCUT2D eigenvalue weighted by Gasteiger charge is 2.24. The zero-order chi connectivity index (χ0) is 14.0. The van der Waals surface area contributed by atoms with Crippen molar-refractivity contribution in [3.63, 3.8) is 0 Å². The van der Waals surface area contributed by atoms with Gasteiger partial charge in [-0.05, 0) is 30.0 Å². The molecular weight excluding hydrogens is 244 g/mol. The van der Waals surface area contributed by atoms with E-state index >= 15 is 0 Å². The smallest absolute Gasteiger partial charge is 0.326 e. The number of rotatable bonds is 4. The summed E-state index contributed by atoms with van der Waals surface area (Å²) in [5.74, 6) is -1.52. The molecule has 1 aliphatic heterocycles. The van der Waals surface area contributed by atoms with Crippen LogP contribution >= 0.6 is 0 Å². The highest BCUT2D eigenvalue weighted by Crippen LogP contribution is 2.23. The Labute approximate surface area is 112 Å². The first kappa shape index (κ1) is 13.4. The quantitative estimate of drug-likeness (QED) is 0.768. The molecule has 0 radical (unpaired) electrons. The molecule has 5 nitrogen and oxygen atoms in total. The van der Waals surface area contributed by atoms with Gasteiger partial charge in [0.15, 0.2) is 0 Å². The number of anilines is 1. The summed E-state index contributed by atoms with van der Waals surface area (Å²) in [5, 5.41) is 14.8. The first-order valence-electron chi connectivity index (χ1n) is 6.39. The first-order valence-corrected chi connectivity index (χ1v) is 6.39. The fourth-order valence-electron chi connectivity index (χ4n) is 2.17. The molecule has 1 amide bonds. The molecule has 1 heterocycles. The molecule has 0 aromatic heterocycles. The summed E-state index contributed by atoms with van der Waals surface area (Å²) in [6.45, 7) is 4.41. The minimum absolute atomic E-state index is 0.158. The van der Waals surface area contributed by atoms with E-state index in [1.54, 1.807) is 26.0 Å². The number of aliphatic carboxylic acids is 1. The molecule has 0 aliphatic carbocycles. The summed E-state index contributed by atoms with van der Waals surface area (Å²) < 4.78 is 0. The Morgan fingerprint density at radius 2 is 2.11 bits per heavy atom. The topological polar surface area (TPSA) is 78.4 Å². The molecule has 0 fully saturated rings. The van der Waals surface area contributed by atoms with Gasteiger partial charge in [-0.25, -0.2) is 4.79 Å². The summed E-state index contributed by atoms with van der Waals surface area (Å²) in [7, 11) is 0. The Bertz CT molecular complexity index is 511. The minimum Gasteiger partial charge on any atom is -0.480 e. The largest absolute Gasteiger partial charge is 0.480 e. The van der Waals surface area contributed by atoms with Crippen LogP contribution in [-0.2, 0) is 11.2 Å². The number of nitrogens with one attached hydrogen (secondary N) is 2. The highest BCUT2D eigenvalue weighted by atomic mass is 16.4. The Kier molecular flexibility index (Phi) is 3.74. The number of carbonyl (C=O) groups is 2. The predicted molar refractivity (Wildman–Crippen MR) is 72.4 cm³/mol. The van der Waals surface area contributed by atoms with E-state index in [1.165, 1.54) is 5.56 Å².